The molecule has 2 heteroatoms. The van der Waals surface area contributed by atoms with E-state index in [1.807, 2.05) is 11.8 Å². The molecule has 1 nitrogen and oxygen atoms in total. The molecule has 0 N–H and O–H groups in total. The number of rotatable bonds is 1. The van der Waals surface area contributed by atoms with Crippen molar-refractivity contribution in [3.63, 3.8) is 0 Å². The fourth-order valence-corrected chi connectivity index (χ4v) is 6.16. The highest BCUT2D eigenvalue weighted by Gasteiger charge is 2.32. The smallest absolute Gasteiger partial charge is 0.119 e. The molecule has 0 bridgehead atoms. The maximum Gasteiger partial charge on any atom is 0.119 e. The van der Waals surface area contributed by atoms with Gasteiger partial charge in [-0.15, -0.1) is 0 Å². The van der Waals surface area contributed by atoms with Crippen LogP contribution in [0.1, 0.15) is 29.2 Å². The maximum atomic E-state index is 5.61. The van der Waals surface area contributed by atoms with Crippen LogP contribution < -0.4 is 4.74 Å². The summed E-state index contributed by atoms with van der Waals surface area (Å²) in [5.74, 6) is 1.38. The monoisotopic (exact) mass is 406 g/mol. The van der Waals surface area contributed by atoms with E-state index in [-0.39, 0.29) is 0 Å². The van der Waals surface area contributed by atoms with Crippen molar-refractivity contribution < 1.29 is 4.74 Å². The zero-order valence-corrected chi connectivity index (χ0v) is 17.9. The fraction of sp³-hybridized carbons (Fsp3) is 0.143. The van der Waals surface area contributed by atoms with Crippen molar-refractivity contribution in [2.75, 3.05) is 7.11 Å². The van der Waals surface area contributed by atoms with Crippen LogP contribution in [-0.2, 0) is 6.42 Å². The molecule has 0 saturated heterocycles. The van der Waals surface area contributed by atoms with Gasteiger partial charge in [-0.3, -0.25) is 0 Å². The SMILES string of the molecule is COc1ccc2c(c1)/C(=C1/c3c(ccc4ccccc34)CC1C)c1ccccc1S2. The first-order chi connectivity index (χ1) is 14.7. The lowest BCUT2D eigenvalue weighted by atomic mass is 9.85. The van der Waals surface area contributed by atoms with E-state index in [0.29, 0.717) is 5.92 Å². The van der Waals surface area contributed by atoms with Crippen LogP contribution in [0.3, 0.4) is 0 Å². The summed E-state index contributed by atoms with van der Waals surface area (Å²) in [7, 11) is 1.75. The molecule has 2 aliphatic rings. The van der Waals surface area contributed by atoms with Gasteiger partial charge in [0.05, 0.1) is 7.11 Å². The van der Waals surface area contributed by atoms with Crippen molar-refractivity contribution in [3.8, 4) is 5.75 Å². The number of fused-ring (bicyclic) bond motifs is 5. The molecule has 0 saturated carbocycles. The highest BCUT2D eigenvalue weighted by atomic mass is 32.2. The second-order valence-corrected chi connectivity index (χ2v) is 9.26. The molecule has 1 unspecified atom stereocenters. The minimum atomic E-state index is 0.469. The lowest BCUT2D eigenvalue weighted by molar-refractivity contribution is 0.414. The highest BCUT2D eigenvalue weighted by molar-refractivity contribution is 7.99. The number of benzene rings is 4. The molecule has 0 radical (unpaired) electrons. The number of allylic oxidation sites excluding steroid dienone is 1. The van der Waals surface area contributed by atoms with Crippen molar-refractivity contribution in [2.24, 2.45) is 5.92 Å². The summed E-state index contributed by atoms with van der Waals surface area (Å²) < 4.78 is 5.61. The van der Waals surface area contributed by atoms with Crippen molar-refractivity contribution >= 4 is 33.7 Å². The van der Waals surface area contributed by atoms with Gasteiger partial charge in [-0.05, 0) is 75.2 Å². The normalized spacial score (nSPS) is 19.3. The third kappa shape index (κ3) is 2.57. The van der Waals surface area contributed by atoms with Gasteiger partial charge in [-0.1, -0.05) is 73.3 Å². The van der Waals surface area contributed by atoms with Crippen LogP contribution in [0, 0.1) is 5.92 Å². The third-order valence-corrected chi connectivity index (χ3v) is 7.56. The van der Waals surface area contributed by atoms with Gasteiger partial charge in [0.25, 0.3) is 0 Å². The Labute approximate surface area is 181 Å². The van der Waals surface area contributed by atoms with E-state index in [0.717, 1.165) is 12.2 Å². The van der Waals surface area contributed by atoms with E-state index >= 15 is 0 Å². The van der Waals surface area contributed by atoms with E-state index in [9.17, 15) is 0 Å². The van der Waals surface area contributed by atoms with Gasteiger partial charge in [0, 0.05) is 15.4 Å². The Kier molecular flexibility index (Phi) is 4.04. The molecule has 4 aromatic rings. The molecule has 4 aromatic carbocycles. The molecule has 0 amide bonds. The molecule has 0 spiro atoms. The first-order valence-corrected chi connectivity index (χ1v) is 11.3. The van der Waals surface area contributed by atoms with Gasteiger partial charge < -0.3 is 4.74 Å². The van der Waals surface area contributed by atoms with Crippen molar-refractivity contribution in [1.82, 2.24) is 0 Å². The molecule has 1 heterocycles. The van der Waals surface area contributed by atoms with Crippen LogP contribution in [-0.4, -0.2) is 7.11 Å². The molecular formula is C28H22OS. The van der Waals surface area contributed by atoms with Gasteiger partial charge in [-0.25, -0.2) is 0 Å². The molecule has 1 aliphatic heterocycles. The van der Waals surface area contributed by atoms with E-state index in [1.54, 1.807) is 7.11 Å². The second-order valence-electron chi connectivity index (χ2n) is 8.17. The maximum absolute atomic E-state index is 5.61. The molecule has 0 fully saturated rings. The van der Waals surface area contributed by atoms with Crippen LogP contribution >= 0.6 is 11.8 Å². The van der Waals surface area contributed by atoms with Crippen LogP contribution in [0.4, 0.5) is 0 Å². The average molecular weight is 407 g/mol. The van der Waals surface area contributed by atoms with E-state index in [2.05, 4.69) is 85.8 Å². The number of methoxy groups -OCH3 is 1. The standard InChI is InChI=1S/C28H22OS/c1-17-15-19-12-11-18-7-3-4-8-21(18)27(19)26(17)28-22-9-5-6-10-24(22)30-25-14-13-20(29-2)16-23(25)28/h3-14,16-17H,15H2,1-2H3/b28-26+. The van der Waals surface area contributed by atoms with E-state index < -0.39 is 0 Å². The summed E-state index contributed by atoms with van der Waals surface area (Å²) in [5.41, 5.74) is 8.38. The van der Waals surface area contributed by atoms with E-state index in [4.69, 9.17) is 4.74 Å². The Morgan fingerprint density at radius 1 is 0.833 bits per heavy atom. The summed E-state index contributed by atoms with van der Waals surface area (Å²) in [4.78, 5) is 2.64. The predicted octanol–water partition coefficient (Wildman–Crippen LogP) is 7.46. The van der Waals surface area contributed by atoms with Crippen molar-refractivity contribution in [2.45, 2.75) is 23.1 Å². The number of ether oxygens (including phenoxy) is 1. The molecule has 1 aliphatic carbocycles. The lowest BCUT2D eigenvalue weighted by Crippen LogP contribution is -2.05. The first-order valence-electron chi connectivity index (χ1n) is 10.5. The Morgan fingerprint density at radius 2 is 1.63 bits per heavy atom. The second kappa shape index (κ2) is 6.78. The summed E-state index contributed by atoms with van der Waals surface area (Å²) >= 11 is 1.86. The Balaban J connectivity index is 1.76. The summed E-state index contributed by atoms with van der Waals surface area (Å²) in [5, 5.41) is 2.68. The lowest BCUT2D eigenvalue weighted by Gasteiger charge is -2.26. The van der Waals surface area contributed by atoms with Gasteiger partial charge in [0.15, 0.2) is 0 Å². The first kappa shape index (κ1) is 17.9. The van der Waals surface area contributed by atoms with Crippen LogP contribution in [0.2, 0.25) is 0 Å². The molecule has 6 rings (SSSR count). The minimum absolute atomic E-state index is 0.469. The Morgan fingerprint density at radius 3 is 2.53 bits per heavy atom. The van der Waals surface area contributed by atoms with Crippen molar-refractivity contribution in [3.05, 3.63) is 101 Å². The quantitative estimate of drug-likeness (QED) is 0.286. The van der Waals surface area contributed by atoms with E-state index in [1.165, 1.54) is 54.0 Å². The van der Waals surface area contributed by atoms with Gasteiger partial charge in [0.1, 0.15) is 5.75 Å². The van der Waals surface area contributed by atoms with Gasteiger partial charge >= 0.3 is 0 Å². The largest absolute Gasteiger partial charge is 0.497 e. The van der Waals surface area contributed by atoms with Gasteiger partial charge in [-0.2, -0.15) is 0 Å². The summed E-state index contributed by atoms with van der Waals surface area (Å²) in [6, 6.07) is 28.7. The predicted molar refractivity (Wildman–Crippen MR) is 126 cm³/mol. The summed E-state index contributed by atoms with van der Waals surface area (Å²) in [6.45, 7) is 2.38. The molecule has 0 aromatic heterocycles. The Hall–Kier alpha value is -2.97. The molecule has 146 valence electrons. The fourth-order valence-electron chi connectivity index (χ4n) is 5.09. The van der Waals surface area contributed by atoms with Crippen molar-refractivity contribution in [1.29, 1.82) is 0 Å². The minimum Gasteiger partial charge on any atom is -0.497 e. The molecule has 1 atom stereocenters. The zero-order chi connectivity index (χ0) is 20.2. The summed E-state index contributed by atoms with van der Waals surface area (Å²) in [6.07, 6.45) is 1.09. The Bertz CT molecular complexity index is 1350. The topological polar surface area (TPSA) is 9.23 Å². The van der Waals surface area contributed by atoms with Gasteiger partial charge in [0.2, 0.25) is 0 Å². The zero-order valence-electron chi connectivity index (χ0n) is 17.1. The van der Waals surface area contributed by atoms with Crippen LogP contribution in [0.25, 0.3) is 21.9 Å². The number of hydrogen-bond donors (Lipinski definition) is 0. The molecule has 30 heavy (non-hydrogen) atoms. The number of hydrogen-bond acceptors (Lipinski definition) is 2. The van der Waals surface area contributed by atoms with Crippen LogP contribution in [0.15, 0.2) is 88.7 Å². The van der Waals surface area contributed by atoms with Crippen LogP contribution in [0.5, 0.6) is 5.75 Å². The highest BCUT2D eigenvalue weighted by Crippen LogP contribution is 2.53. The molecular weight excluding hydrogens is 384 g/mol. The average Bonchev–Trinajstić information content (AvgIpc) is 3.13. The third-order valence-electron chi connectivity index (χ3n) is 6.41.